The second-order valence-electron chi connectivity index (χ2n) is 9.71. The molecule has 2 aromatic carbocycles. The molecule has 0 atom stereocenters. The number of phenols is 1. The average Bonchev–Trinajstić information content (AvgIpc) is 2.95. The van der Waals surface area contributed by atoms with Gasteiger partial charge in [-0.05, 0) is 36.9 Å². The highest BCUT2D eigenvalue weighted by Crippen LogP contribution is 2.33. The fourth-order valence-corrected chi connectivity index (χ4v) is 4.78. The number of nitrogens with one attached hydrogen (secondary N) is 1. The van der Waals surface area contributed by atoms with Crippen molar-refractivity contribution in [2.75, 3.05) is 69.7 Å². The van der Waals surface area contributed by atoms with Crippen LogP contribution in [0.15, 0.2) is 52.8 Å². The van der Waals surface area contributed by atoms with Gasteiger partial charge in [-0.3, -0.25) is 4.90 Å². The molecule has 2 aliphatic heterocycles. The van der Waals surface area contributed by atoms with Gasteiger partial charge in [0.05, 0.1) is 31.0 Å². The molecule has 10 nitrogen and oxygen atoms in total. The fourth-order valence-electron chi connectivity index (χ4n) is 4.54. The third-order valence-corrected chi connectivity index (χ3v) is 7.10. The number of hydrogen-bond donors (Lipinski definition) is 2. The predicted octanol–water partition coefficient (Wildman–Crippen LogP) is 4.59. The molecule has 0 amide bonds. The van der Waals surface area contributed by atoms with Crippen molar-refractivity contribution in [3.63, 3.8) is 0 Å². The summed E-state index contributed by atoms with van der Waals surface area (Å²) in [6.45, 7) is 7.39. The lowest BCUT2D eigenvalue weighted by atomic mass is 10.1. The minimum absolute atomic E-state index is 0.0365. The van der Waals surface area contributed by atoms with Crippen molar-refractivity contribution in [3.8, 4) is 5.75 Å². The molecule has 0 spiro atoms. The quantitative estimate of drug-likeness (QED) is 0.308. The molecule has 39 heavy (non-hydrogen) atoms. The molecule has 0 aliphatic carbocycles. The number of ether oxygens (including phenoxy) is 1. The van der Waals surface area contributed by atoms with Gasteiger partial charge in [0, 0.05) is 62.8 Å². The van der Waals surface area contributed by atoms with Crippen molar-refractivity contribution in [2.24, 2.45) is 10.2 Å². The summed E-state index contributed by atoms with van der Waals surface area (Å²) in [6.07, 6.45) is 1.08. The Kier molecular flexibility index (Phi) is 8.82. The number of piperazine rings is 1. The molecule has 2 fully saturated rings. The van der Waals surface area contributed by atoms with Gasteiger partial charge in [-0.15, -0.1) is 5.11 Å². The molecule has 2 saturated heterocycles. The number of aromatic nitrogens is 2. The van der Waals surface area contributed by atoms with E-state index in [4.69, 9.17) is 16.3 Å². The summed E-state index contributed by atoms with van der Waals surface area (Å²) in [4.78, 5) is 14.7. The van der Waals surface area contributed by atoms with Crippen LogP contribution in [0.3, 0.4) is 0 Å². The van der Waals surface area contributed by atoms with Crippen LogP contribution in [0.5, 0.6) is 5.75 Å². The smallest absolute Gasteiger partial charge is 0.270 e. The van der Waals surface area contributed by atoms with Crippen molar-refractivity contribution in [3.05, 3.63) is 64.6 Å². The van der Waals surface area contributed by atoms with Gasteiger partial charge in [-0.25, -0.2) is 9.37 Å². The van der Waals surface area contributed by atoms with Crippen molar-refractivity contribution in [1.29, 1.82) is 0 Å². The van der Waals surface area contributed by atoms with Crippen LogP contribution < -0.4 is 10.2 Å². The van der Waals surface area contributed by atoms with Gasteiger partial charge in [0.15, 0.2) is 11.6 Å². The standard InChI is InChI=1S/C27H32ClFN8O2/c1-35-6-8-36(9-7-35)18-19-2-4-21(5-3-19)32-22-14-20(25(38)23(28)15-22)16-31-34-27-30-17-24(29)26(33-27)37-10-12-39-13-11-37/h2-5,14-15,17,32,38H,6-13,16,18H2,1H3. The Morgan fingerprint density at radius 1 is 1.05 bits per heavy atom. The minimum Gasteiger partial charge on any atom is -0.506 e. The first-order chi connectivity index (χ1) is 18.9. The maximum atomic E-state index is 14.3. The highest BCUT2D eigenvalue weighted by Gasteiger charge is 2.18. The van der Waals surface area contributed by atoms with Crippen LogP contribution in [0.4, 0.5) is 27.5 Å². The molecule has 0 saturated carbocycles. The SMILES string of the molecule is CN1CCN(Cc2ccc(Nc3cc(Cl)c(O)c(CN=Nc4ncc(F)c(N5CCOCC5)n4)c3)cc2)CC1. The first-order valence-corrected chi connectivity index (χ1v) is 13.3. The number of halogens is 2. The molecule has 3 heterocycles. The van der Waals surface area contributed by atoms with Crippen molar-refractivity contribution >= 4 is 34.7 Å². The van der Waals surface area contributed by atoms with Crippen LogP contribution in [-0.2, 0) is 17.8 Å². The number of anilines is 3. The summed E-state index contributed by atoms with van der Waals surface area (Å²) < 4.78 is 19.6. The predicted molar refractivity (Wildman–Crippen MR) is 149 cm³/mol. The topological polar surface area (TPSA) is 102 Å². The Labute approximate surface area is 232 Å². The Morgan fingerprint density at radius 2 is 1.79 bits per heavy atom. The lowest BCUT2D eigenvalue weighted by molar-refractivity contribution is 0.122. The van der Waals surface area contributed by atoms with E-state index in [1.54, 1.807) is 17.0 Å². The van der Waals surface area contributed by atoms with Gasteiger partial charge in [0.1, 0.15) is 5.75 Å². The van der Waals surface area contributed by atoms with Crippen LogP contribution >= 0.6 is 11.6 Å². The number of azo groups is 1. The normalized spacial score (nSPS) is 17.2. The highest BCUT2D eigenvalue weighted by atomic mass is 35.5. The fraction of sp³-hybridized carbons (Fsp3) is 0.407. The molecule has 2 N–H and O–H groups in total. The first-order valence-electron chi connectivity index (χ1n) is 13.0. The Bertz CT molecular complexity index is 1300. The number of phenolic OH excluding ortho intramolecular Hbond substituents is 1. The second kappa shape index (κ2) is 12.6. The summed E-state index contributed by atoms with van der Waals surface area (Å²) in [5, 5.41) is 22.2. The third-order valence-electron chi connectivity index (χ3n) is 6.81. The number of morpholine rings is 1. The molecule has 1 aromatic heterocycles. The second-order valence-corrected chi connectivity index (χ2v) is 10.1. The maximum absolute atomic E-state index is 14.3. The van der Waals surface area contributed by atoms with E-state index in [0.717, 1.165) is 44.6 Å². The van der Waals surface area contributed by atoms with Crippen molar-refractivity contribution in [1.82, 2.24) is 19.8 Å². The summed E-state index contributed by atoms with van der Waals surface area (Å²) in [6, 6.07) is 11.7. The summed E-state index contributed by atoms with van der Waals surface area (Å²) in [5.41, 5.74) is 3.36. The molecule has 2 aliphatic rings. The van der Waals surface area contributed by atoms with Crippen LogP contribution in [0.1, 0.15) is 11.1 Å². The van der Waals surface area contributed by atoms with Crippen molar-refractivity contribution in [2.45, 2.75) is 13.1 Å². The number of rotatable bonds is 8. The third kappa shape index (κ3) is 7.18. The van der Waals surface area contributed by atoms with E-state index < -0.39 is 5.82 Å². The van der Waals surface area contributed by atoms with E-state index in [2.05, 4.69) is 54.5 Å². The average molecular weight is 555 g/mol. The van der Waals surface area contributed by atoms with Crippen molar-refractivity contribution < 1.29 is 14.2 Å². The first kappa shape index (κ1) is 27.2. The Balaban J connectivity index is 1.22. The molecular formula is C27H32ClFN8O2. The van der Waals surface area contributed by atoms with E-state index in [-0.39, 0.29) is 29.1 Å². The molecule has 0 unspecified atom stereocenters. The van der Waals surface area contributed by atoms with Crippen LogP contribution in [0, 0.1) is 5.82 Å². The van der Waals surface area contributed by atoms with Gasteiger partial charge in [0.2, 0.25) is 0 Å². The van der Waals surface area contributed by atoms with Gasteiger partial charge in [-0.2, -0.15) is 10.1 Å². The summed E-state index contributed by atoms with van der Waals surface area (Å²) in [5.74, 6) is -0.382. The molecule has 5 rings (SSSR count). The number of aromatic hydroxyl groups is 1. The van der Waals surface area contributed by atoms with E-state index in [1.165, 1.54) is 5.56 Å². The lowest BCUT2D eigenvalue weighted by Gasteiger charge is -2.32. The zero-order valence-electron chi connectivity index (χ0n) is 21.9. The van der Waals surface area contributed by atoms with Gasteiger partial charge in [-0.1, -0.05) is 23.7 Å². The lowest BCUT2D eigenvalue weighted by Crippen LogP contribution is -2.43. The molecule has 0 radical (unpaired) electrons. The largest absolute Gasteiger partial charge is 0.506 e. The number of hydrogen-bond acceptors (Lipinski definition) is 10. The monoisotopic (exact) mass is 554 g/mol. The van der Waals surface area contributed by atoms with E-state index in [9.17, 15) is 9.50 Å². The molecular weight excluding hydrogens is 523 g/mol. The van der Waals surface area contributed by atoms with Gasteiger partial charge >= 0.3 is 0 Å². The molecule has 12 heteroatoms. The Hall–Kier alpha value is -3.38. The van der Waals surface area contributed by atoms with Crippen LogP contribution in [0.25, 0.3) is 0 Å². The molecule has 3 aromatic rings. The maximum Gasteiger partial charge on any atom is 0.270 e. The number of benzene rings is 2. The zero-order chi connectivity index (χ0) is 27.2. The number of likely N-dealkylation sites (N-methyl/N-ethyl adjacent to an activating group) is 1. The van der Waals surface area contributed by atoms with Gasteiger partial charge in [0.25, 0.3) is 5.95 Å². The van der Waals surface area contributed by atoms with E-state index in [1.807, 2.05) is 12.1 Å². The number of nitrogens with zero attached hydrogens (tertiary/aromatic N) is 7. The van der Waals surface area contributed by atoms with Crippen LogP contribution in [-0.4, -0.2) is 84.4 Å². The van der Waals surface area contributed by atoms with Crippen LogP contribution in [0.2, 0.25) is 5.02 Å². The molecule has 206 valence electrons. The van der Waals surface area contributed by atoms with E-state index in [0.29, 0.717) is 37.6 Å². The molecule has 0 bridgehead atoms. The zero-order valence-corrected chi connectivity index (χ0v) is 22.6. The Morgan fingerprint density at radius 3 is 2.54 bits per heavy atom. The summed E-state index contributed by atoms with van der Waals surface area (Å²) in [7, 11) is 2.16. The summed E-state index contributed by atoms with van der Waals surface area (Å²) >= 11 is 6.30. The van der Waals surface area contributed by atoms with E-state index >= 15 is 0 Å². The highest BCUT2D eigenvalue weighted by molar-refractivity contribution is 6.32. The minimum atomic E-state index is -0.522. The van der Waals surface area contributed by atoms with Gasteiger partial charge < -0.3 is 25.0 Å².